The Balaban J connectivity index is 1.71. The highest BCUT2D eigenvalue weighted by atomic mass is 19.4. The predicted molar refractivity (Wildman–Crippen MR) is 122 cm³/mol. The van der Waals surface area contributed by atoms with Crippen LogP contribution >= 0.6 is 0 Å². The van der Waals surface area contributed by atoms with E-state index in [1.54, 1.807) is 37.3 Å². The van der Waals surface area contributed by atoms with Gasteiger partial charge in [0.25, 0.3) is 5.76 Å². The van der Waals surface area contributed by atoms with Crippen LogP contribution in [0.25, 0.3) is 11.0 Å². The highest BCUT2D eigenvalue weighted by Gasteiger charge is 2.40. The van der Waals surface area contributed by atoms with Gasteiger partial charge in [-0.05, 0) is 48.9 Å². The lowest BCUT2D eigenvalue weighted by molar-refractivity contribution is -0.154. The third-order valence-electron chi connectivity index (χ3n) is 4.98. The van der Waals surface area contributed by atoms with Gasteiger partial charge < -0.3 is 23.4 Å². The Morgan fingerprint density at radius 1 is 0.886 bits per heavy atom. The van der Waals surface area contributed by atoms with Gasteiger partial charge in [0, 0.05) is 6.07 Å². The molecule has 0 atom stereocenters. The van der Waals surface area contributed by atoms with E-state index in [2.05, 4.69) is 0 Å². The summed E-state index contributed by atoms with van der Waals surface area (Å²) < 4.78 is 68.4. The van der Waals surface area contributed by atoms with Crippen LogP contribution in [0.5, 0.6) is 28.7 Å². The lowest BCUT2D eigenvalue weighted by atomic mass is 10.2. The smallest absolute Gasteiger partial charge is 0.453 e. The van der Waals surface area contributed by atoms with Crippen molar-refractivity contribution in [1.82, 2.24) is 0 Å². The van der Waals surface area contributed by atoms with Crippen LogP contribution in [0.4, 0.5) is 13.2 Å². The standard InChI is InChI=1S/C26H21F3O6/c1-3-32-20-9-4-5-10-21(20)34-24-23(30)19-12-11-18(14-22(19)35-25(24)26(27,28)29)33-15-16-7-6-8-17(13-16)31-2/h4-14H,3,15H2,1-2H3. The summed E-state index contributed by atoms with van der Waals surface area (Å²) in [5.74, 6) is -1.49. The van der Waals surface area contributed by atoms with Crippen molar-refractivity contribution in [3.05, 3.63) is 88.3 Å². The summed E-state index contributed by atoms with van der Waals surface area (Å²) in [5, 5.41) is -0.0874. The Morgan fingerprint density at radius 3 is 2.37 bits per heavy atom. The van der Waals surface area contributed by atoms with Crippen LogP contribution in [0.3, 0.4) is 0 Å². The van der Waals surface area contributed by atoms with E-state index in [-0.39, 0.29) is 41.4 Å². The fourth-order valence-corrected chi connectivity index (χ4v) is 3.37. The molecule has 0 aliphatic carbocycles. The second kappa shape index (κ2) is 10.0. The van der Waals surface area contributed by atoms with E-state index in [9.17, 15) is 18.0 Å². The molecule has 0 saturated heterocycles. The van der Waals surface area contributed by atoms with Gasteiger partial charge in [0.15, 0.2) is 11.5 Å². The molecule has 182 valence electrons. The molecule has 0 amide bonds. The summed E-state index contributed by atoms with van der Waals surface area (Å²) in [6.45, 7) is 2.11. The van der Waals surface area contributed by atoms with Gasteiger partial charge in [-0.25, -0.2) is 0 Å². The summed E-state index contributed by atoms with van der Waals surface area (Å²) in [6.07, 6.45) is -4.99. The molecule has 3 aromatic carbocycles. The van der Waals surface area contributed by atoms with E-state index < -0.39 is 23.1 Å². The Bertz CT molecular complexity index is 1390. The predicted octanol–water partition coefficient (Wildman–Crippen LogP) is 6.59. The van der Waals surface area contributed by atoms with Gasteiger partial charge in [0.2, 0.25) is 11.2 Å². The minimum absolute atomic E-state index is 0.0373. The molecule has 0 bridgehead atoms. The maximum absolute atomic E-state index is 13.9. The first-order valence-electron chi connectivity index (χ1n) is 10.6. The molecular formula is C26H21F3O6. The number of rotatable bonds is 8. The second-order valence-corrected chi connectivity index (χ2v) is 7.37. The zero-order valence-corrected chi connectivity index (χ0v) is 18.8. The molecule has 35 heavy (non-hydrogen) atoms. The lowest BCUT2D eigenvalue weighted by Crippen LogP contribution is -2.15. The number of alkyl halides is 3. The van der Waals surface area contributed by atoms with E-state index in [0.717, 1.165) is 5.56 Å². The molecule has 0 radical (unpaired) electrons. The van der Waals surface area contributed by atoms with E-state index in [4.69, 9.17) is 23.4 Å². The number of hydrogen-bond donors (Lipinski definition) is 0. The van der Waals surface area contributed by atoms with Crippen LogP contribution in [-0.4, -0.2) is 13.7 Å². The average Bonchev–Trinajstić information content (AvgIpc) is 2.85. The molecule has 1 heterocycles. The number of para-hydroxylation sites is 2. The van der Waals surface area contributed by atoms with E-state index in [1.165, 1.54) is 37.4 Å². The second-order valence-electron chi connectivity index (χ2n) is 7.37. The fraction of sp³-hybridized carbons (Fsp3) is 0.192. The Hall–Kier alpha value is -4.14. The highest BCUT2D eigenvalue weighted by molar-refractivity contribution is 5.80. The first-order chi connectivity index (χ1) is 16.8. The molecule has 0 aliphatic rings. The molecule has 1 aromatic heterocycles. The van der Waals surface area contributed by atoms with Crippen molar-refractivity contribution in [3.63, 3.8) is 0 Å². The van der Waals surface area contributed by atoms with Gasteiger partial charge in [0.05, 0.1) is 19.1 Å². The third kappa shape index (κ3) is 5.34. The van der Waals surface area contributed by atoms with Crippen molar-refractivity contribution >= 4 is 11.0 Å². The van der Waals surface area contributed by atoms with Crippen molar-refractivity contribution in [2.75, 3.05) is 13.7 Å². The van der Waals surface area contributed by atoms with Gasteiger partial charge in [0.1, 0.15) is 23.7 Å². The SMILES string of the molecule is CCOc1ccccc1Oc1c(C(F)(F)F)oc2cc(OCc3cccc(OC)c3)ccc2c1=O. The quantitative estimate of drug-likeness (QED) is 0.280. The molecule has 0 spiro atoms. The minimum Gasteiger partial charge on any atom is -0.497 e. The zero-order chi connectivity index (χ0) is 25.0. The first kappa shape index (κ1) is 24.0. The lowest BCUT2D eigenvalue weighted by Gasteiger charge is -2.15. The molecule has 6 nitrogen and oxygen atoms in total. The van der Waals surface area contributed by atoms with E-state index >= 15 is 0 Å². The zero-order valence-electron chi connectivity index (χ0n) is 18.8. The molecule has 0 N–H and O–H groups in total. The first-order valence-corrected chi connectivity index (χ1v) is 10.6. The van der Waals surface area contributed by atoms with Gasteiger partial charge >= 0.3 is 6.18 Å². The summed E-state index contributed by atoms with van der Waals surface area (Å²) in [4.78, 5) is 13.1. The number of halogens is 3. The average molecular weight is 486 g/mol. The number of methoxy groups -OCH3 is 1. The van der Waals surface area contributed by atoms with Crippen LogP contribution in [0.2, 0.25) is 0 Å². The molecule has 4 rings (SSSR count). The normalized spacial score (nSPS) is 11.3. The largest absolute Gasteiger partial charge is 0.497 e. The summed E-state index contributed by atoms with van der Waals surface area (Å²) in [6, 6.07) is 17.3. The van der Waals surface area contributed by atoms with Crippen molar-refractivity contribution in [1.29, 1.82) is 0 Å². The third-order valence-corrected chi connectivity index (χ3v) is 4.98. The summed E-state index contributed by atoms with van der Waals surface area (Å²) in [5.41, 5.74) is -0.460. The van der Waals surface area contributed by atoms with Crippen molar-refractivity contribution < 1.29 is 36.5 Å². The van der Waals surface area contributed by atoms with E-state index in [0.29, 0.717) is 5.75 Å². The van der Waals surface area contributed by atoms with Gasteiger partial charge in [-0.1, -0.05) is 24.3 Å². The van der Waals surface area contributed by atoms with Crippen molar-refractivity contribution in [2.45, 2.75) is 19.7 Å². The molecule has 4 aromatic rings. The Morgan fingerprint density at radius 2 is 1.66 bits per heavy atom. The van der Waals surface area contributed by atoms with Crippen LogP contribution in [-0.2, 0) is 12.8 Å². The maximum Gasteiger partial charge on any atom is 0.453 e. The van der Waals surface area contributed by atoms with Crippen LogP contribution in [0, 0.1) is 0 Å². The summed E-state index contributed by atoms with van der Waals surface area (Å²) >= 11 is 0. The topological polar surface area (TPSA) is 67.1 Å². The molecule has 0 fully saturated rings. The summed E-state index contributed by atoms with van der Waals surface area (Å²) in [7, 11) is 1.54. The minimum atomic E-state index is -4.99. The Kier molecular flexibility index (Phi) is 6.86. The molecule has 0 unspecified atom stereocenters. The van der Waals surface area contributed by atoms with Crippen molar-refractivity contribution in [3.8, 4) is 28.7 Å². The van der Waals surface area contributed by atoms with Crippen LogP contribution < -0.4 is 24.4 Å². The van der Waals surface area contributed by atoms with Crippen molar-refractivity contribution in [2.24, 2.45) is 0 Å². The van der Waals surface area contributed by atoms with Gasteiger partial charge in [-0.2, -0.15) is 13.2 Å². The number of ether oxygens (including phenoxy) is 4. The maximum atomic E-state index is 13.9. The highest BCUT2D eigenvalue weighted by Crippen LogP contribution is 2.40. The number of benzene rings is 3. The number of fused-ring (bicyclic) bond motifs is 1. The van der Waals surface area contributed by atoms with Gasteiger partial charge in [-0.3, -0.25) is 4.79 Å². The fourth-order valence-electron chi connectivity index (χ4n) is 3.37. The Labute approximate surface area is 198 Å². The van der Waals surface area contributed by atoms with Crippen LogP contribution in [0.15, 0.2) is 75.9 Å². The van der Waals surface area contributed by atoms with Crippen LogP contribution in [0.1, 0.15) is 18.2 Å². The number of hydrogen-bond acceptors (Lipinski definition) is 6. The molecule has 0 saturated carbocycles. The molecule has 0 aliphatic heterocycles. The van der Waals surface area contributed by atoms with Gasteiger partial charge in [-0.15, -0.1) is 0 Å². The molecule has 9 heteroatoms. The molecular weight excluding hydrogens is 465 g/mol. The monoisotopic (exact) mass is 486 g/mol. The van der Waals surface area contributed by atoms with E-state index in [1.807, 2.05) is 6.07 Å².